The van der Waals surface area contributed by atoms with Crippen molar-refractivity contribution in [3.05, 3.63) is 11.5 Å². The molecule has 0 aliphatic carbocycles. The minimum Gasteiger partial charge on any atom is -0.311 e. The maximum absolute atomic E-state index is 6.11. The van der Waals surface area contributed by atoms with Crippen molar-refractivity contribution < 1.29 is 0 Å². The summed E-state index contributed by atoms with van der Waals surface area (Å²) in [7, 11) is 2.01. The van der Waals surface area contributed by atoms with Gasteiger partial charge in [-0.3, -0.25) is 4.68 Å². The van der Waals surface area contributed by atoms with E-state index in [0.717, 1.165) is 48.6 Å². The van der Waals surface area contributed by atoms with Crippen LogP contribution in [-0.2, 0) is 25.9 Å². The van der Waals surface area contributed by atoms with Gasteiger partial charge in [-0.1, -0.05) is 13.3 Å². The molecule has 6 heteroatoms. The minimum atomic E-state index is 0.459. The first kappa shape index (κ1) is 14.9. The van der Waals surface area contributed by atoms with E-state index >= 15 is 0 Å². The summed E-state index contributed by atoms with van der Waals surface area (Å²) in [6, 6.07) is 0. The van der Waals surface area contributed by atoms with E-state index in [1.54, 1.807) is 0 Å². The molecule has 0 unspecified atom stereocenters. The molecule has 0 spiro atoms. The van der Waals surface area contributed by atoms with Crippen LogP contribution in [0, 0.1) is 0 Å². The van der Waals surface area contributed by atoms with Crippen molar-refractivity contribution in [1.82, 2.24) is 24.2 Å². The van der Waals surface area contributed by atoms with E-state index in [1.807, 2.05) is 11.7 Å². The standard InChI is InChI=1S/C15H24ClN5/c1-3-6-12-14-15(19(2)18-12)21(13(11-16)17-14)10-9-20-7-4-5-8-20/h3-11H2,1-2H3. The fraction of sp³-hybridized carbons (Fsp3) is 0.733. The highest BCUT2D eigenvalue weighted by Gasteiger charge is 2.19. The Labute approximate surface area is 130 Å². The Morgan fingerprint density at radius 2 is 1.95 bits per heavy atom. The Balaban J connectivity index is 1.91. The lowest BCUT2D eigenvalue weighted by Crippen LogP contribution is -2.25. The van der Waals surface area contributed by atoms with E-state index in [4.69, 9.17) is 16.6 Å². The summed E-state index contributed by atoms with van der Waals surface area (Å²) < 4.78 is 4.22. The van der Waals surface area contributed by atoms with Crippen LogP contribution in [0.2, 0.25) is 0 Å². The van der Waals surface area contributed by atoms with Gasteiger partial charge >= 0.3 is 0 Å². The Morgan fingerprint density at radius 1 is 1.19 bits per heavy atom. The summed E-state index contributed by atoms with van der Waals surface area (Å²) in [4.78, 5) is 7.27. The quantitative estimate of drug-likeness (QED) is 0.770. The third-order valence-corrected chi connectivity index (χ3v) is 4.55. The van der Waals surface area contributed by atoms with Gasteiger partial charge in [-0.15, -0.1) is 11.6 Å². The van der Waals surface area contributed by atoms with Crippen molar-refractivity contribution in [2.45, 2.75) is 45.0 Å². The van der Waals surface area contributed by atoms with Crippen LogP contribution in [-0.4, -0.2) is 43.9 Å². The number of aromatic nitrogens is 4. The molecule has 0 radical (unpaired) electrons. The molecule has 3 heterocycles. The zero-order chi connectivity index (χ0) is 14.8. The molecule has 2 aromatic rings. The lowest BCUT2D eigenvalue weighted by atomic mass is 10.2. The average Bonchev–Trinajstić information content (AvgIpc) is 3.16. The molecule has 0 aromatic carbocycles. The average molecular weight is 310 g/mol. The van der Waals surface area contributed by atoms with Gasteiger partial charge in [-0.25, -0.2) is 4.98 Å². The summed E-state index contributed by atoms with van der Waals surface area (Å²) in [6.07, 6.45) is 4.72. The van der Waals surface area contributed by atoms with E-state index in [-0.39, 0.29) is 0 Å². The zero-order valence-corrected chi connectivity index (χ0v) is 13.7. The number of aryl methyl sites for hydroxylation is 2. The van der Waals surface area contributed by atoms with E-state index in [1.165, 1.54) is 25.9 Å². The first-order chi connectivity index (χ1) is 10.2. The fourth-order valence-electron chi connectivity index (χ4n) is 3.28. The first-order valence-corrected chi connectivity index (χ1v) is 8.47. The number of halogens is 1. The predicted octanol–water partition coefficient (Wildman–Crippen LogP) is 2.56. The van der Waals surface area contributed by atoms with Crippen molar-refractivity contribution in [1.29, 1.82) is 0 Å². The third kappa shape index (κ3) is 2.81. The van der Waals surface area contributed by atoms with Crippen LogP contribution >= 0.6 is 11.6 Å². The van der Waals surface area contributed by atoms with Crippen LogP contribution in [0.4, 0.5) is 0 Å². The van der Waals surface area contributed by atoms with Gasteiger partial charge < -0.3 is 9.47 Å². The second kappa shape index (κ2) is 6.36. The summed E-state index contributed by atoms with van der Waals surface area (Å²) in [6.45, 7) is 6.64. The zero-order valence-electron chi connectivity index (χ0n) is 13.0. The predicted molar refractivity (Wildman–Crippen MR) is 85.7 cm³/mol. The smallest absolute Gasteiger partial charge is 0.158 e. The molecular formula is C15H24ClN5. The molecular weight excluding hydrogens is 286 g/mol. The fourth-order valence-corrected chi connectivity index (χ4v) is 3.48. The molecule has 1 aliphatic rings. The molecule has 0 bridgehead atoms. The van der Waals surface area contributed by atoms with Gasteiger partial charge in [0.05, 0.1) is 11.6 Å². The van der Waals surface area contributed by atoms with Crippen LogP contribution in [0.15, 0.2) is 0 Å². The normalized spacial score (nSPS) is 16.3. The molecule has 1 saturated heterocycles. The Hall–Kier alpha value is -1.07. The highest BCUT2D eigenvalue weighted by Crippen LogP contribution is 2.22. The molecule has 5 nitrogen and oxygen atoms in total. The lowest BCUT2D eigenvalue weighted by Gasteiger charge is -2.16. The number of imidazole rings is 1. The van der Waals surface area contributed by atoms with E-state index in [2.05, 4.69) is 21.5 Å². The maximum atomic E-state index is 6.11. The monoisotopic (exact) mass is 309 g/mol. The molecule has 0 atom stereocenters. The van der Waals surface area contributed by atoms with Gasteiger partial charge in [-0.05, 0) is 32.4 Å². The van der Waals surface area contributed by atoms with Gasteiger partial charge in [0.2, 0.25) is 0 Å². The highest BCUT2D eigenvalue weighted by atomic mass is 35.5. The molecule has 0 amide bonds. The number of hydrogen-bond donors (Lipinski definition) is 0. The Morgan fingerprint density at radius 3 is 2.62 bits per heavy atom. The topological polar surface area (TPSA) is 38.9 Å². The molecule has 1 aliphatic heterocycles. The summed E-state index contributed by atoms with van der Waals surface area (Å²) in [5.74, 6) is 1.43. The SMILES string of the molecule is CCCc1nn(C)c2c1nc(CCl)n2CCN1CCCC1. The van der Waals surface area contributed by atoms with Crippen LogP contribution < -0.4 is 0 Å². The van der Waals surface area contributed by atoms with Gasteiger partial charge in [0.15, 0.2) is 5.65 Å². The maximum Gasteiger partial charge on any atom is 0.158 e. The van der Waals surface area contributed by atoms with Gasteiger partial charge in [0.25, 0.3) is 0 Å². The molecule has 3 rings (SSSR count). The summed E-state index contributed by atoms with van der Waals surface area (Å²) in [5.41, 5.74) is 3.26. The second-order valence-corrected chi connectivity index (χ2v) is 6.12. The van der Waals surface area contributed by atoms with Crippen molar-refractivity contribution in [3.8, 4) is 0 Å². The number of nitrogens with zero attached hydrogens (tertiary/aromatic N) is 5. The third-order valence-electron chi connectivity index (χ3n) is 4.32. The Kier molecular flexibility index (Phi) is 4.50. The van der Waals surface area contributed by atoms with Gasteiger partial charge in [0, 0.05) is 20.1 Å². The number of hydrogen-bond acceptors (Lipinski definition) is 3. The van der Waals surface area contributed by atoms with Crippen LogP contribution in [0.5, 0.6) is 0 Å². The van der Waals surface area contributed by atoms with Crippen LogP contribution in [0.3, 0.4) is 0 Å². The molecule has 0 N–H and O–H groups in total. The highest BCUT2D eigenvalue weighted by molar-refractivity contribution is 6.16. The van der Waals surface area contributed by atoms with E-state index in [0.29, 0.717) is 5.88 Å². The van der Waals surface area contributed by atoms with Crippen molar-refractivity contribution in [3.63, 3.8) is 0 Å². The summed E-state index contributed by atoms with van der Waals surface area (Å²) >= 11 is 6.11. The number of alkyl halides is 1. The number of likely N-dealkylation sites (tertiary alicyclic amines) is 1. The van der Waals surface area contributed by atoms with Gasteiger partial charge in [0.1, 0.15) is 11.3 Å². The minimum absolute atomic E-state index is 0.459. The largest absolute Gasteiger partial charge is 0.311 e. The van der Waals surface area contributed by atoms with Gasteiger partial charge in [-0.2, -0.15) is 5.10 Å². The molecule has 0 saturated carbocycles. The van der Waals surface area contributed by atoms with Crippen molar-refractivity contribution in [2.24, 2.45) is 7.05 Å². The van der Waals surface area contributed by atoms with E-state index < -0.39 is 0 Å². The number of rotatable bonds is 6. The molecule has 21 heavy (non-hydrogen) atoms. The van der Waals surface area contributed by atoms with Crippen LogP contribution in [0.25, 0.3) is 11.2 Å². The lowest BCUT2D eigenvalue weighted by molar-refractivity contribution is 0.322. The molecule has 2 aromatic heterocycles. The van der Waals surface area contributed by atoms with Crippen molar-refractivity contribution in [2.75, 3.05) is 19.6 Å². The van der Waals surface area contributed by atoms with Crippen molar-refractivity contribution >= 4 is 22.8 Å². The summed E-state index contributed by atoms with van der Waals surface area (Å²) in [5, 5.41) is 4.63. The number of fused-ring (bicyclic) bond motifs is 1. The Bertz CT molecular complexity index is 609. The van der Waals surface area contributed by atoms with Crippen LogP contribution in [0.1, 0.15) is 37.7 Å². The molecule has 1 fully saturated rings. The van der Waals surface area contributed by atoms with E-state index in [9.17, 15) is 0 Å². The molecule has 116 valence electrons. The first-order valence-electron chi connectivity index (χ1n) is 7.94. The second-order valence-electron chi connectivity index (χ2n) is 5.85.